The van der Waals surface area contributed by atoms with Crippen LogP contribution < -0.4 is 10.6 Å². The summed E-state index contributed by atoms with van der Waals surface area (Å²) in [6, 6.07) is 6.42. The normalized spacial score (nSPS) is 18.5. The highest BCUT2D eigenvalue weighted by atomic mass is 16.1. The first-order valence-corrected chi connectivity index (χ1v) is 5.88. The third-order valence-corrected chi connectivity index (χ3v) is 2.95. The van der Waals surface area contributed by atoms with E-state index in [1.807, 2.05) is 25.1 Å². The predicted octanol–water partition coefficient (Wildman–Crippen LogP) is 2.18. The van der Waals surface area contributed by atoms with E-state index in [0.717, 1.165) is 18.4 Å². The highest BCUT2D eigenvalue weighted by Crippen LogP contribution is 2.25. The minimum absolute atomic E-state index is 0.0175. The maximum absolute atomic E-state index is 11.7. The minimum Gasteiger partial charge on any atom is -0.382 e. The summed E-state index contributed by atoms with van der Waals surface area (Å²) >= 11 is 0. The number of hydrogen-bond donors (Lipinski definition) is 2. The van der Waals surface area contributed by atoms with Crippen LogP contribution in [0.2, 0.25) is 0 Å². The lowest BCUT2D eigenvalue weighted by atomic mass is 9.97. The summed E-state index contributed by atoms with van der Waals surface area (Å²) in [6.07, 6.45) is 2.18. The van der Waals surface area contributed by atoms with Gasteiger partial charge in [0.1, 0.15) is 0 Å². The van der Waals surface area contributed by atoms with E-state index < -0.39 is 0 Å². The van der Waals surface area contributed by atoms with Crippen molar-refractivity contribution in [2.75, 3.05) is 11.9 Å². The molecule has 1 amide bonds. The Balaban J connectivity index is 2.22. The summed E-state index contributed by atoms with van der Waals surface area (Å²) in [5.41, 5.74) is 3.19. The SMILES string of the molecule is CCNC(=O)c1ccc2c(c1)CCC(C)N2. The van der Waals surface area contributed by atoms with Gasteiger partial charge in [0.25, 0.3) is 5.91 Å². The average molecular weight is 218 g/mol. The Morgan fingerprint density at radius 3 is 3.12 bits per heavy atom. The van der Waals surface area contributed by atoms with Crippen molar-refractivity contribution in [3.05, 3.63) is 29.3 Å². The van der Waals surface area contributed by atoms with Crippen molar-refractivity contribution in [3.8, 4) is 0 Å². The molecule has 1 heterocycles. The van der Waals surface area contributed by atoms with Crippen LogP contribution >= 0.6 is 0 Å². The number of aryl methyl sites for hydroxylation is 1. The van der Waals surface area contributed by atoms with Gasteiger partial charge in [-0.1, -0.05) is 0 Å². The standard InChI is InChI=1S/C13H18N2O/c1-3-14-13(16)11-6-7-12-10(8-11)5-4-9(2)15-12/h6-9,15H,3-5H2,1-2H3,(H,14,16). The van der Waals surface area contributed by atoms with E-state index >= 15 is 0 Å². The summed E-state index contributed by atoms with van der Waals surface area (Å²) in [7, 11) is 0. The molecule has 0 aromatic heterocycles. The third kappa shape index (κ3) is 2.18. The maximum atomic E-state index is 11.7. The Hall–Kier alpha value is -1.51. The summed E-state index contributed by atoms with van der Waals surface area (Å²) < 4.78 is 0. The Kier molecular flexibility index (Phi) is 3.13. The van der Waals surface area contributed by atoms with E-state index in [1.54, 1.807) is 0 Å². The first-order chi connectivity index (χ1) is 7.70. The van der Waals surface area contributed by atoms with Crippen molar-refractivity contribution < 1.29 is 4.79 Å². The molecule has 0 fully saturated rings. The van der Waals surface area contributed by atoms with E-state index in [1.165, 1.54) is 11.3 Å². The molecular weight excluding hydrogens is 200 g/mol. The van der Waals surface area contributed by atoms with Crippen LogP contribution in [0, 0.1) is 0 Å². The Labute approximate surface area is 96.2 Å². The second-order valence-electron chi connectivity index (χ2n) is 4.32. The maximum Gasteiger partial charge on any atom is 0.251 e. The van der Waals surface area contributed by atoms with Crippen molar-refractivity contribution in [3.63, 3.8) is 0 Å². The monoisotopic (exact) mass is 218 g/mol. The molecule has 0 aliphatic carbocycles. The Morgan fingerprint density at radius 2 is 2.38 bits per heavy atom. The number of amides is 1. The van der Waals surface area contributed by atoms with Crippen molar-refractivity contribution >= 4 is 11.6 Å². The first kappa shape index (κ1) is 11.0. The van der Waals surface area contributed by atoms with E-state index in [2.05, 4.69) is 17.6 Å². The predicted molar refractivity (Wildman–Crippen MR) is 65.9 cm³/mol. The summed E-state index contributed by atoms with van der Waals surface area (Å²) in [6.45, 7) is 4.78. The topological polar surface area (TPSA) is 41.1 Å². The number of nitrogens with one attached hydrogen (secondary N) is 2. The largest absolute Gasteiger partial charge is 0.382 e. The van der Waals surface area contributed by atoms with Gasteiger partial charge in [0, 0.05) is 23.8 Å². The van der Waals surface area contributed by atoms with Crippen molar-refractivity contribution in [1.29, 1.82) is 0 Å². The molecule has 1 aromatic carbocycles. The number of carbonyl (C=O) groups is 1. The van der Waals surface area contributed by atoms with Crippen LogP contribution in [-0.4, -0.2) is 18.5 Å². The highest BCUT2D eigenvalue weighted by molar-refractivity contribution is 5.94. The first-order valence-electron chi connectivity index (χ1n) is 5.88. The number of hydrogen-bond acceptors (Lipinski definition) is 2. The molecule has 0 spiro atoms. The van der Waals surface area contributed by atoms with Crippen LogP contribution in [0.5, 0.6) is 0 Å². The highest BCUT2D eigenvalue weighted by Gasteiger charge is 2.15. The Morgan fingerprint density at radius 1 is 1.56 bits per heavy atom. The molecule has 0 radical (unpaired) electrons. The van der Waals surface area contributed by atoms with Gasteiger partial charge in [-0.3, -0.25) is 4.79 Å². The van der Waals surface area contributed by atoms with E-state index in [-0.39, 0.29) is 5.91 Å². The molecule has 1 unspecified atom stereocenters. The smallest absolute Gasteiger partial charge is 0.251 e. The second kappa shape index (κ2) is 4.56. The summed E-state index contributed by atoms with van der Waals surface area (Å²) in [5, 5.41) is 6.24. The molecule has 2 rings (SSSR count). The zero-order chi connectivity index (χ0) is 11.5. The molecule has 1 aliphatic heterocycles. The molecule has 1 atom stereocenters. The molecule has 0 saturated heterocycles. The van der Waals surface area contributed by atoms with Crippen LogP contribution in [0.3, 0.4) is 0 Å². The van der Waals surface area contributed by atoms with Crippen LogP contribution in [0.15, 0.2) is 18.2 Å². The number of rotatable bonds is 2. The fraction of sp³-hybridized carbons (Fsp3) is 0.462. The number of fused-ring (bicyclic) bond motifs is 1. The molecule has 1 aliphatic rings. The van der Waals surface area contributed by atoms with Gasteiger partial charge in [-0.2, -0.15) is 0 Å². The second-order valence-corrected chi connectivity index (χ2v) is 4.32. The lowest BCUT2D eigenvalue weighted by Gasteiger charge is -2.24. The fourth-order valence-corrected chi connectivity index (χ4v) is 2.05. The van der Waals surface area contributed by atoms with E-state index in [0.29, 0.717) is 12.6 Å². The van der Waals surface area contributed by atoms with Crippen LogP contribution in [0.25, 0.3) is 0 Å². The molecule has 16 heavy (non-hydrogen) atoms. The van der Waals surface area contributed by atoms with Gasteiger partial charge in [-0.15, -0.1) is 0 Å². The molecule has 1 aromatic rings. The fourth-order valence-electron chi connectivity index (χ4n) is 2.05. The van der Waals surface area contributed by atoms with Gasteiger partial charge in [0.2, 0.25) is 0 Å². The third-order valence-electron chi connectivity index (χ3n) is 2.95. The van der Waals surface area contributed by atoms with E-state index in [4.69, 9.17) is 0 Å². The summed E-state index contributed by atoms with van der Waals surface area (Å²) in [5.74, 6) is 0.0175. The number of carbonyl (C=O) groups excluding carboxylic acids is 1. The van der Waals surface area contributed by atoms with Gasteiger partial charge >= 0.3 is 0 Å². The van der Waals surface area contributed by atoms with Crippen molar-refractivity contribution in [1.82, 2.24) is 5.32 Å². The molecular formula is C13H18N2O. The molecule has 3 heteroatoms. The van der Waals surface area contributed by atoms with Gasteiger partial charge < -0.3 is 10.6 Å². The zero-order valence-electron chi connectivity index (χ0n) is 9.84. The van der Waals surface area contributed by atoms with Crippen molar-refractivity contribution in [2.45, 2.75) is 32.7 Å². The van der Waals surface area contributed by atoms with Crippen molar-refractivity contribution in [2.24, 2.45) is 0 Å². The molecule has 0 bridgehead atoms. The number of benzene rings is 1. The quantitative estimate of drug-likeness (QED) is 0.799. The summed E-state index contributed by atoms with van der Waals surface area (Å²) in [4.78, 5) is 11.7. The van der Waals surface area contributed by atoms with Crippen LogP contribution in [0.1, 0.15) is 36.2 Å². The van der Waals surface area contributed by atoms with E-state index in [9.17, 15) is 4.79 Å². The van der Waals surface area contributed by atoms with Gasteiger partial charge in [0.05, 0.1) is 0 Å². The van der Waals surface area contributed by atoms with Gasteiger partial charge in [-0.25, -0.2) is 0 Å². The van der Waals surface area contributed by atoms with Gasteiger partial charge in [-0.05, 0) is 50.5 Å². The molecule has 0 saturated carbocycles. The molecule has 86 valence electrons. The van der Waals surface area contributed by atoms with Crippen LogP contribution in [0.4, 0.5) is 5.69 Å². The molecule has 3 nitrogen and oxygen atoms in total. The number of anilines is 1. The lowest BCUT2D eigenvalue weighted by molar-refractivity contribution is 0.0956. The van der Waals surface area contributed by atoms with Crippen LogP contribution in [-0.2, 0) is 6.42 Å². The van der Waals surface area contributed by atoms with Gasteiger partial charge in [0.15, 0.2) is 0 Å². The minimum atomic E-state index is 0.0175. The Bertz CT molecular complexity index is 401. The average Bonchev–Trinajstić information content (AvgIpc) is 2.28. The molecule has 2 N–H and O–H groups in total. The zero-order valence-corrected chi connectivity index (χ0v) is 9.84. The lowest BCUT2D eigenvalue weighted by Crippen LogP contribution is -2.25.